The van der Waals surface area contributed by atoms with Gasteiger partial charge in [0.1, 0.15) is 29.5 Å². The van der Waals surface area contributed by atoms with Crippen LogP contribution in [0, 0.1) is 11.6 Å². The first kappa shape index (κ1) is 27.5. The number of hydrogen-bond donors (Lipinski definition) is 1. The summed E-state index contributed by atoms with van der Waals surface area (Å²) in [5.41, 5.74) is -0.757. The Hall–Kier alpha value is -3.50. The Bertz CT molecular complexity index is 1320. The van der Waals surface area contributed by atoms with Gasteiger partial charge in [-0.1, -0.05) is 38.1 Å². The summed E-state index contributed by atoms with van der Waals surface area (Å²) in [6.45, 7) is 11.9. The van der Waals surface area contributed by atoms with E-state index in [4.69, 9.17) is 16.3 Å². The minimum absolute atomic E-state index is 0.0332. The van der Waals surface area contributed by atoms with Crippen LogP contribution < -0.4 is 9.64 Å². The molecule has 4 rings (SSSR count). The molecule has 0 radical (unpaired) electrons. The van der Waals surface area contributed by atoms with E-state index in [0.29, 0.717) is 43.9 Å². The average molecular weight is 546 g/mol. The fourth-order valence-corrected chi connectivity index (χ4v) is 4.82. The highest BCUT2D eigenvalue weighted by molar-refractivity contribution is 6.34. The topological polar surface area (TPSA) is 82.0 Å². The van der Waals surface area contributed by atoms with Crippen molar-refractivity contribution in [1.29, 1.82) is 0 Å². The maximum atomic E-state index is 16.1. The van der Waals surface area contributed by atoms with Gasteiger partial charge in [-0.2, -0.15) is 9.97 Å². The number of anilines is 1. The highest BCUT2D eigenvalue weighted by Crippen LogP contribution is 2.42. The van der Waals surface area contributed by atoms with Crippen LogP contribution in [-0.4, -0.2) is 83.2 Å². The maximum Gasteiger partial charge on any atom is 0.319 e. The number of nitrogens with zero attached hydrogens (tertiary/aromatic N) is 5. The Labute approximate surface area is 225 Å². The first-order valence-corrected chi connectivity index (χ1v) is 12.9. The number of rotatable bonds is 9. The third kappa shape index (κ3) is 5.51. The van der Waals surface area contributed by atoms with Gasteiger partial charge in [0.2, 0.25) is 5.91 Å². The number of likely N-dealkylation sites (N-methyl/N-ethyl adjacent to an activating group) is 1. The SMILES string of the molecule is C=CC(=O)N1CCN(c2nc(OCCN(CC)CC)nc3c(F)c(-c4c(O)cccc4F)c(Cl)cc23)CC1. The van der Waals surface area contributed by atoms with Crippen LogP contribution >= 0.6 is 11.6 Å². The molecule has 11 heteroatoms. The molecule has 202 valence electrons. The zero-order chi connectivity index (χ0) is 27.4. The number of ether oxygens (including phenoxy) is 1. The zero-order valence-electron chi connectivity index (χ0n) is 21.4. The van der Waals surface area contributed by atoms with Crippen molar-refractivity contribution in [1.82, 2.24) is 19.8 Å². The number of fused-ring (bicyclic) bond motifs is 1. The molecule has 1 N–H and O–H groups in total. The number of halogens is 3. The minimum Gasteiger partial charge on any atom is -0.507 e. The molecule has 1 fully saturated rings. The fourth-order valence-electron chi connectivity index (χ4n) is 4.53. The lowest BCUT2D eigenvalue weighted by Gasteiger charge is -2.35. The number of aromatic hydroxyl groups is 1. The lowest BCUT2D eigenvalue weighted by Crippen LogP contribution is -2.48. The Morgan fingerprint density at radius 3 is 2.53 bits per heavy atom. The summed E-state index contributed by atoms with van der Waals surface area (Å²) in [5.74, 6) is -1.94. The van der Waals surface area contributed by atoms with Crippen molar-refractivity contribution in [3.8, 4) is 22.9 Å². The number of piperazine rings is 1. The Kier molecular flexibility index (Phi) is 8.63. The molecule has 8 nitrogen and oxygen atoms in total. The smallest absolute Gasteiger partial charge is 0.319 e. The standard InChI is InChI=1S/C27H30ClF2N5O3/c1-4-21(37)34-10-12-35(13-11-34)26-17-16-18(28)22(23-19(29)8-7-9-20(23)36)24(30)25(17)31-27(32-26)38-15-14-33(5-2)6-3/h4,7-9,16,36H,1,5-6,10-15H2,2-3H3. The summed E-state index contributed by atoms with van der Waals surface area (Å²) in [7, 11) is 0. The van der Waals surface area contributed by atoms with Gasteiger partial charge in [-0.3, -0.25) is 4.79 Å². The highest BCUT2D eigenvalue weighted by atomic mass is 35.5. The Morgan fingerprint density at radius 2 is 1.89 bits per heavy atom. The number of carbonyl (C=O) groups excluding carboxylic acids is 1. The van der Waals surface area contributed by atoms with Gasteiger partial charge in [0.05, 0.1) is 10.6 Å². The van der Waals surface area contributed by atoms with Gasteiger partial charge in [-0.15, -0.1) is 0 Å². The van der Waals surface area contributed by atoms with E-state index >= 15 is 4.39 Å². The van der Waals surface area contributed by atoms with E-state index in [1.807, 2.05) is 18.7 Å². The summed E-state index contributed by atoms with van der Waals surface area (Å²) < 4.78 is 36.6. The molecule has 1 aromatic heterocycles. The molecule has 0 bridgehead atoms. The number of benzene rings is 2. The molecular formula is C27H30ClF2N5O3. The first-order valence-electron chi connectivity index (χ1n) is 12.5. The van der Waals surface area contributed by atoms with E-state index in [9.17, 15) is 14.3 Å². The molecule has 0 saturated carbocycles. The lowest BCUT2D eigenvalue weighted by atomic mass is 10.0. The summed E-state index contributed by atoms with van der Waals surface area (Å²) in [6.07, 6.45) is 1.27. The number of amides is 1. The second-order valence-electron chi connectivity index (χ2n) is 8.80. The second kappa shape index (κ2) is 11.9. The van der Waals surface area contributed by atoms with Crippen LogP contribution in [0.15, 0.2) is 36.9 Å². The molecule has 1 aliphatic heterocycles. The predicted molar refractivity (Wildman–Crippen MR) is 144 cm³/mol. The third-order valence-corrected chi connectivity index (χ3v) is 6.98. The van der Waals surface area contributed by atoms with Gasteiger partial charge >= 0.3 is 6.01 Å². The summed E-state index contributed by atoms with van der Waals surface area (Å²) in [5, 5.41) is 10.5. The van der Waals surface area contributed by atoms with Gasteiger partial charge in [0, 0.05) is 43.7 Å². The van der Waals surface area contributed by atoms with Crippen LogP contribution in [0.5, 0.6) is 11.8 Å². The van der Waals surface area contributed by atoms with Crippen molar-refractivity contribution in [3.05, 3.63) is 53.6 Å². The Balaban J connectivity index is 1.80. The van der Waals surface area contributed by atoms with Gasteiger partial charge in [-0.05, 0) is 37.4 Å². The van der Waals surface area contributed by atoms with Crippen molar-refractivity contribution in [2.24, 2.45) is 0 Å². The van der Waals surface area contributed by atoms with Crippen molar-refractivity contribution < 1.29 is 23.4 Å². The number of carbonyl (C=O) groups is 1. The Morgan fingerprint density at radius 1 is 1.18 bits per heavy atom. The van der Waals surface area contributed by atoms with Crippen LogP contribution in [0.4, 0.5) is 14.6 Å². The van der Waals surface area contributed by atoms with Crippen LogP contribution in [-0.2, 0) is 4.79 Å². The quantitative estimate of drug-likeness (QED) is 0.397. The van der Waals surface area contributed by atoms with Crippen LogP contribution in [0.3, 0.4) is 0 Å². The second-order valence-corrected chi connectivity index (χ2v) is 9.21. The monoisotopic (exact) mass is 545 g/mol. The van der Waals surface area contributed by atoms with Crippen molar-refractivity contribution >= 4 is 34.2 Å². The van der Waals surface area contributed by atoms with Gasteiger partial charge < -0.3 is 24.5 Å². The molecule has 0 unspecified atom stereocenters. The molecular weight excluding hydrogens is 516 g/mol. The predicted octanol–water partition coefficient (Wildman–Crippen LogP) is 4.49. The van der Waals surface area contributed by atoms with E-state index in [0.717, 1.165) is 19.2 Å². The number of phenolic OH excluding ortho intramolecular Hbond substituents is 1. The molecule has 0 aliphatic carbocycles. The van der Waals surface area contributed by atoms with Crippen molar-refractivity contribution in [3.63, 3.8) is 0 Å². The highest BCUT2D eigenvalue weighted by Gasteiger charge is 2.27. The van der Waals surface area contributed by atoms with Crippen molar-refractivity contribution in [2.45, 2.75) is 13.8 Å². The molecule has 0 atom stereocenters. The minimum atomic E-state index is -0.898. The number of phenols is 1. The fraction of sp³-hybridized carbons (Fsp3) is 0.370. The van der Waals surface area contributed by atoms with Gasteiger partial charge in [0.15, 0.2) is 5.82 Å². The molecule has 2 aromatic carbocycles. The molecule has 1 saturated heterocycles. The normalized spacial score (nSPS) is 13.8. The maximum absolute atomic E-state index is 16.1. The van der Waals surface area contributed by atoms with Crippen LogP contribution in [0.25, 0.3) is 22.0 Å². The first-order chi connectivity index (χ1) is 18.3. The van der Waals surface area contributed by atoms with E-state index in [1.54, 1.807) is 4.90 Å². The van der Waals surface area contributed by atoms with Crippen LogP contribution in [0.2, 0.25) is 5.02 Å². The van der Waals surface area contributed by atoms with E-state index in [2.05, 4.69) is 21.4 Å². The average Bonchev–Trinajstić information content (AvgIpc) is 2.92. The summed E-state index contributed by atoms with van der Waals surface area (Å²) >= 11 is 6.48. The largest absolute Gasteiger partial charge is 0.507 e. The van der Waals surface area contributed by atoms with Crippen molar-refractivity contribution in [2.75, 3.05) is 57.3 Å². The zero-order valence-corrected chi connectivity index (χ0v) is 22.1. The van der Waals surface area contributed by atoms with Gasteiger partial charge in [0.25, 0.3) is 0 Å². The number of hydrogen-bond acceptors (Lipinski definition) is 7. The third-order valence-electron chi connectivity index (χ3n) is 6.68. The van der Waals surface area contributed by atoms with Crippen LogP contribution in [0.1, 0.15) is 13.8 Å². The number of aromatic nitrogens is 2. The van der Waals surface area contributed by atoms with E-state index < -0.39 is 17.4 Å². The molecule has 2 heterocycles. The lowest BCUT2D eigenvalue weighted by molar-refractivity contribution is -0.126. The van der Waals surface area contributed by atoms with Gasteiger partial charge in [-0.25, -0.2) is 8.78 Å². The summed E-state index contributed by atoms with van der Waals surface area (Å²) in [6, 6.07) is 5.13. The van der Waals surface area contributed by atoms with E-state index in [1.165, 1.54) is 24.3 Å². The molecule has 1 aliphatic rings. The molecule has 38 heavy (non-hydrogen) atoms. The molecule has 0 spiro atoms. The molecule has 1 amide bonds. The van der Waals surface area contributed by atoms with E-state index in [-0.39, 0.29) is 40.2 Å². The molecule has 3 aromatic rings. The summed E-state index contributed by atoms with van der Waals surface area (Å²) in [4.78, 5) is 26.7.